The van der Waals surface area contributed by atoms with Gasteiger partial charge in [-0.25, -0.2) is 0 Å². The van der Waals surface area contributed by atoms with E-state index in [-0.39, 0.29) is 0 Å². The molecule has 0 radical (unpaired) electrons. The SMILES string of the molecule is COc1ccc(N(C)C(=O)C#N)cc1. The van der Waals surface area contributed by atoms with Crippen molar-refractivity contribution in [3.63, 3.8) is 0 Å². The van der Waals surface area contributed by atoms with E-state index in [1.54, 1.807) is 44.5 Å². The number of nitrogens with zero attached hydrogens (tertiary/aromatic N) is 2. The van der Waals surface area contributed by atoms with Gasteiger partial charge in [-0.05, 0) is 24.3 Å². The molecule has 0 aliphatic carbocycles. The molecule has 0 fully saturated rings. The maximum Gasteiger partial charge on any atom is 0.329 e. The van der Waals surface area contributed by atoms with Crippen LogP contribution in [0.2, 0.25) is 0 Å². The van der Waals surface area contributed by atoms with Crippen LogP contribution in [0.1, 0.15) is 0 Å². The Morgan fingerprint density at radius 3 is 2.43 bits per heavy atom. The van der Waals surface area contributed by atoms with Crippen LogP contribution in [0.15, 0.2) is 24.3 Å². The van der Waals surface area contributed by atoms with Crippen LogP contribution >= 0.6 is 0 Å². The number of carbonyl (C=O) groups excluding carboxylic acids is 1. The van der Waals surface area contributed by atoms with Gasteiger partial charge in [-0.2, -0.15) is 5.26 Å². The molecule has 0 aliphatic rings. The van der Waals surface area contributed by atoms with Crippen molar-refractivity contribution in [2.24, 2.45) is 0 Å². The quantitative estimate of drug-likeness (QED) is 0.658. The molecule has 0 N–H and O–H groups in total. The van der Waals surface area contributed by atoms with Gasteiger partial charge >= 0.3 is 5.91 Å². The molecule has 0 aliphatic heterocycles. The number of hydrogen-bond donors (Lipinski definition) is 0. The van der Waals surface area contributed by atoms with E-state index >= 15 is 0 Å². The van der Waals surface area contributed by atoms with Gasteiger partial charge in [-0.15, -0.1) is 0 Å². The standard InChI is InChI=1S/C10H10N2O2/c1-12(10(13)7-11)8-3-5-9(14-2)6-4-8/h3-6H,1-2H3. The normalized spacial score (nSPS) is 8.93. The average Bonchev–Trinajstić information content (AvgIpc) is 2.27. The van der Waals surface area contributed by atoms with Gasteiger partial charge < -0.3 is 9.64 Å². The summed E-state index contributed by atoms with van der Waals surface area (Å²) in [6, 6.07) is 8.45. The summed E-state index contributed by atoms with van der Waals surface area (Å²) in [5.74, 6) is 0.127. The molecule has 4 heteroatoms. The highest BCUT2D eigenvalue weighted by Crippen LogP contribution is 2.17. The van der Waals surface area contributed by atoms with E-state index in [1.165, 1.54) is 4.90 Å². The van der Waals surface area contributed by atoms with Crippen molar-refractivity contribution >= 4 is 11.6 Å². The highest BCUT2D eigenvalue weighted by Gasteiger charge is 2.08. The minimum Gasteiger partial charge on any atom is -0.497 e. The molecule has 1 rings (SSSR count). The molecule has 72 valence electrons. The first-order chi connectivity index (χ1) is 6.69. The summed E-state index contributed by atoms with van der Waals surface area (Å²) in [5.41, 5.74) is 0.664. The zero-order valence-corrected chi connectivity index (χ0v) is 8.02. The maximum absolute atomic E-state index is 11.0. The van der Waals surface area contributed by atoms with E-state index in [4.69, 9.17) is 10.00 Å². The lowest BCUT2D eigenvalue weighted by Crippen LogP contribution is -2.24. The van der Waals surface area contributed by atoms with E-state index in [9.17, 15) is 4.79 Å². The molecule has 0 aromatic heterocycles. The molecule has 0 heterocycles. The lowest BCUT2D eigenvalue weighted by atomic mass is 10.3. The fourth-order valence-electron chi connectivity index (χ4n) is 0.998. The van der Waals surface area contributed by atoms with E-state index in [1.807, 2.05) is 0 Å². The van der Waals surface area contributed by atoms with Crippen LogP contribution in [0.25, 0.3) is 0 Å². The first-order valence-corrected chi connectivity index (χ1v) is 4.01. The third-order valence-corrected chi connectivity index (χ3v) is 1.86. The third-order valence-electron chi connectivity index (χ3n) is 1.86. The molecule has 1 aromatic carbocycles. The van der Waals surface area contributed by atoms with Crippen molar-refractivity contribution in [2.75, 3.05) is 19.1 Å². The third kappa shape index (κ3) is 2.02. The number of nitriles is 1. The van der Waals surface area contributed by atoms with Crippen molar-refractivity contribution in [1.82, 2.24) is 0 Å². The summed E-state index contributed by atoms with van der Waals surface area (Å²) in [4.78, 5) is 12.3. The van der Waals surface area contributed by atoms with Gasteiger partial charge in [0.2, 0.25) is 0 Å². The zero-order chi connectivity index (χ0) is 10.6. The minimum atomic E-state index is -0.588. The van der Waals surface area contributed by atoms with E-state index in [2.05, 4.69) is 0 Å². The summed E-state index contributed by atoms with van der Waals surface area (Å²) in [7, 11) is 3.12. The fraction of sp³-hybridized carbons (Fsp3) is 0.200. The molecule has 0 unspecified atom stereocenters. The largest absolute Gasteiger partial charge is 0.497 e. The Morgan fingerprint density at radius 2 is 2.00 bits per heavy atom. The lowest BCUT2D eigenvalue weighted by Gasteiger charge is -2.13. The van der Waals surface area contributed by atoms with Gasteiger partial charge in [0.05, 0.1) is 7.11 Å². The Kier molecular flexibility index (Phi) is 3.08. The van der Waals surface area contributed by atoms with Crippen LogP contribution in [-0.2, 0) is 4.79 Å². The zero-order valence-electron chi connectivity index (χ0n) is 8.02. The number of methoxy groups -OCH3 is 1. The number of ether oxygens (including phenoxy) is 1. The molecule has 0 saturated heterocycles. The van der Waals surface area contributed by atoms with Gasteiger partial charge in [0, 0.05) is 12.7 Å². The van der Waals surface area contributed by atoms with Crippen LogP contribution in [0.4, 0.5) is 5.69 Å². The van der Waals surface area contributed by atoms with Crippen molar-refractivity contribution in [2.45, 2.75) is 0 Å². The molecule has 14 heavy (non-hydrogen) atoms. The molecule has 1 aromatic rings. The fourth-order valence-corrected chi connectivity index (χ4v) is 0.998. The number of amides is 1. The molecular weight excluding hydrogens is 180 g/mol. The summed E-state index contributed by atoms with van der Waals surface area (Å²) in [6.07, 6.45) is 0. The van der Waals surface area contributed by atoms with Gasteiger partial charge in [0.1, 0.15) is 5.75 Å². The topological polar surface area (TPSA) is 53.3 Å². The highest BCUT2D eigenvalue weighted by molar-refractivity contribution is 6.03. The summed E-state index contributed by atoms with van der Waals surface area (Å²) < 4.78 is 4.97. The van der Waals surface area contributed by atoms with Crippen molar-refractivity contribution in [1.29, 1.82) is 5.26 Å². The van der Waals surface area contributed by atoms with Gasteiger partial charge in [-0.3, -0.25) is 4.79 Å². The number of benzene rings is 1. The number of carbonyl (C=O) groups is 1. The van der Waals surface area contributed by atoms with Crippen LogP contribution < -0.4 is 9.64 Å². The highest BCUT2D eigenvalue weighted by atomic mass is 16.5. The molecule has 0 spiro atoms. The molecule has 0 bridgehead atoms. The first kappa shape index (κ1) is 10.1. The van der Waals surface area contributed by atoms with Crippen LogP contribution in [-0.4, -0.2) is 20.1 Å². The second-order valence-corrected chi connectivity index (χ2v) is 2.67. The van der Waals surface area contributed by atoms with Crippen molar-refractivity contribution in [3.05, 3.63) is 24.3 Å². The number of hydrogen-bond acceptors (Lipinski definition) is 3. The van der Waals surface area contributed by atoms with E-state index < -0.39 is 5.91 Å². The van der Waals surface area contributed by atoms with Gasteiger partial charge in [-0.1, -0.05) is 0 Å². The summed E-state index contributed by atoms with van der Waals surface area (Å²) >= 11 is 0. The summed E-state index contributed by atoms with van der Waals surface area (Å²) in [5, 5.41) is 8.40. The summed E-state index contributed by atoms with van der Waals surface area (Å²) in [6.45, 7) is 0. The number of rotatable bonds is 2. The molecule has 1 amide bonds. The lowest BCUT2D eigenvalue weighted by molar-refractivity contribution is -0.113. The van der Waals surface area contributed by atoms with Crippen LogP contribution in [0, 0.1) is 11.3 Å². The first-order valence-electron chi connectivity index (χ1n) is 4.01. The maximum atomic E-state index is 11.0. The molecule has 0 saturated carbocycles. The smallest absolute Gasteiger partial charge is 0.329 e. The Morgan fingerprint density at radius 1 is 1.43 bits per heavy atom. The number of anilines is 1. The van der Waals surface area contributed by atoms with E-state index in [0.29, 0.717) is 11.4 Å². The predicted octanol–water partition coefficient (Wildman–Crippen LogP) is 1.18. The predicted molar refractivity (Wildman–Crippen MR) is 52.0 cm³/mol. The molecular formula is C10H10N2O2. The average molecular weight is 190 g/mol. The Bertz CT molecular complexity index is 365. The monoisotopic (exact) mass is 190 g/mol. The van der Waals surface area contributed by atoms with Crippen molar-refractivity contribution < 1.29 is 9.53 Å². The van der Waals surface area contributed by atoms with Crippen LogP contribution in [0.3, 0.4) is 0 Å². The van der Waals surface area contributed by atoms with Gasteiger partial charge in [0.15, 0.2) is 6.07 Å². The Hall–Kier alpha value is -2.02. The van der Waals surface area contributed by atoms with Crippen molar-refractivity contribution in [3.8, 4) is 11.8 Å². The second-order valence-electron chi connectivity index (χ2n) is 2.67. The van der Waals surface area contributed by atoms with E-state index in [0.717, 1.165) is 0 Å². The van der Waals surface area contributed by atoms with Gasteiger partial charge in [0.25, 0.3) is 0 Å². The minimum absolute atomic E-state index is 0.588. The molecule has 0 atom stereocenters. The Balaban J connectivity index is 2.88. The second kappa shape index (κ2) is 4.28. The van der Waals surface area contributed by atoms with Crippen LogP contribution in [0.5, 0.6) is 5.75 Å². The Labute approximate surface area is 82.3 Å². The molecule has 4 nitrogen and oxygen atoms in total.